The molecule has 0 unspecified atom stereocenters. The van der Waals surface area contributed by atoms with Gasteiger partial charge < -0.3 is 19.4 Å². The van der Waals surface area contributed by atoms with Crippen LogP contribution in [0.15, 0.2) is 53.8 Å². The highest BCUT2D eigenvalue weighted by Crippen LogP contribution is 2.39. The molecule has 0 radical (unpaired) electrons. The molecule has 2 aliphatic rings. The Kier molecular flexibility index (Phi) is 5.78. The van der Waals surface area contributed by atoms with Crippen LogP contribution in [0.1, 0.15) is 30.6 Å². The van der Waals surface area contributed by atoms with Crippen molar-refractivity contribution in [2.75, 3.05) is 13.2 Å². The van der Waals surface area contributed by atoms with Gasteiger partial charge in [-0.15, -0.1) is 0 Å². The summed E-state index contributed by atoms with van der Waals surface area (Å²) in [4.78, 5) is 17.7. The number of imidazole rings is 1. The standard InChI is InChI=1S/C24H24FN3O3S/c1-2-28-19(16-5-10-20-21(13-16)31-12-11-30-20)14-26-24(28)32-22(23(29)27-18-8-9-18)15-3-6-17(25)7-4-15/h3-7,10,13-14,18,22H,2,8-9,11-12H2,1H3,(H,27,29)/t22-/m0/s1. The molecule has 8 heteroatoms. The summed E-state index contributed by atoms with van der Waals surface area (Å²) in [5, 5.41) is 3.29. The van der Waals surface area contributed by atoms with Gasteiger partial charge in [-0.25, -0.2) is 9.37 Å². The van der Waals surface area contributed by atoms with E-state index in [-0.39, 0.29) is 17.8 Å². The van der Waals surface area contributed by atoms with E-state index < -0.39 is 5.25 Å². The maximum Gasteiger partial charge on any atom is 0.238 e. The number of halogens is 1. The van der Waals surface area contributed by atoms with Gasteiger partial charge in [0.2, 0.25) is 5.91 Å². The lowest BCUT2D eigenvalue weighted by Gasteiger charge is -2.20. The Balaban J connectivity index is 1.46. The summed E-state index contributed by atoms with van der Waals surface area (Å²) >= 11 is 1.38. The molecule has 2 aromatic carbocycles. The monoisotopic (exact) mass is 453 g/mol. The molecule has 1 aromatic heterocycles. The van der Waals surface area contributed by atoms with Crippen LogP contribution < -0.4 is 14.8 Å². The predicted molar refractivity (Wildman–Crippen MR) is 120 cm³/mol. The van der Waals surface area contributed by atoms with E-state index in [1.807, 2.05) is 31.3 Å². The molecule has 0 spiro atoms. The third-order valence-electron chi connectivity index (χ3n) is 5.53. The van der Waals surface area contributed by atoms with Crippen molar-refractivity contribution in [2.24, 2.45) is 0 Å². The van der Waals surface area contributed by atoms with Crippen molar-refractivity contribution in [2.45, 2.75) is 42.8 Å². The SMILES string of the molecule is CCn1c(-c2ccc3c(c2)OCCO3)cnc1S[C@H](C(=O)NC1CC1)c1ccc(F)cc1. The molecule has 1 saturated carbocycles. The summed E-state index contributed by atoms with van der Waals surface area (Å²) in [5.41, 5.74) is 2.66. The molecule has 6 nitrogen and oxygen atoms in total. The number of hydrogen-bond donors (Lipinski definition) is 1. The first-order chi connectivity index (χ1) is 15.6. The average molecular weight is 454 g/mol. The third-order valence-corrected chi connectivity index (χ3v) is 6.79. The van der Waals surface area contributed by atoms with Gasteiger partial charge in [-0.1, -0.05) is 23.9 Å². The Labute approximate surface area is 190 Å². The van der Waals surface area contributed by atoms with E-state index in [4.69, 9.17) is 9.47 Å². The molecule has 166 valence electrons. The van der Waals surface area contributed by atoms with Gasteiger partial charge in [-0.05, 0) is 55.7 Å². The number of ether oxygens (including phenoxy) is 2. The largest absolute Gasteiger partial charge is 0.486 e. The molecular weight excluding hydrogens is 429 g/mol. The highest BCUT2D eigenvalue weighted by Gasteiger charge is 2.30. The molecule has 1 atom stereocenters. The van der Waals surface area contributed by atoms with Crippen LogP contribution in [0.25, 0.3) is 11.3 Å². The lowest BCUT2D eigenvalue weighted by Crippen LogP contribution is -2.30. The second-order valence-electron chi connectivity index (χ2n) is 7.86. The highest BCUT2D eigenvalue weighted by atomic mass is 32.2. The first kappa shape index (κ1) is 20.9. The number of nitrogens with one attached hydrogen (secondary N) is 1. The normalized spacial score (nSPS) is 15.9. The maximum atomic E-state index is 13.5. The van der Waals surface area contributed by atoms with Crippen molar-refractivity contribution in [1.29, 1.82) is 0 Å². The minimum Gasteiger partial charge on any atom is -0.486 e. The molecule has 3 aromatic rings. The predicted octanol–water partition coefficient (Wildman–Crippen LogP) is 4.59. The molecule has 1 amide bonds. The Morgan fingerprint density at radius 3 is 2.66 bits per heavy atom. The van der Waals surface area contributed by atoms with Gasteiger partial charge in [0.25, 0.3) is 0 Å². The van der Waals surface area contributed by atoms with Crippen LogP contribution >= 0.6 is 11.8 Å². The van der Waals surface area contributed by atoms with Crippen molar-refractivity contribution < 1.29 is 18.7 Å². The maximum absolute atomic E-state index is 13.5. The number of nitrogens with zero attached hydrogens (tertiary/aromatic N) is 2. The van der Waals surface area contributed by atoms with Gasteiger partial charge in [0.15, 0.2) is 16.7 Å². The molecule has 32 heavy (non-hydrogen) atoms. The summed E-state index contributed by atoms with van der Waals surface area (Å²) < 4.78 is 26.9. The van der Waals surface area contributed by atoms with Gasteiger partial charge in [-0.2, -0.15) is 0 Å². The van der Waals surface area contributed by atoms with Crippen LogP contribution in [0.3, 0.4) is 0 Å². The van der Waals surface area contributed by atoms with Crippen LogP contribution in [0.5, 0.6) is 11.5 Å². The van der Waals surface area contributed by atoms with Crippen molar-refractivity contribution in [3.8, 4) is 22.8 Å². The number of carbonyl (C=O) groups is 1. The number of benzene rings is 2. The van der Waals surface area contributed by atoms with E-state index >= 15 is 0 Å². The lowest BCUT2D eigenvalue weighted by atomic mass is 10.1. The van der Waals surface area contributed by atoms with Crippen molar-refractivity contribution >= 4 is 17.7 Å². The van der Waals surface area contributed by atoms with Crippen LogP contribution in [0.4, 0.5) is 4.39 Å². The quantitative estimate of drug-likeness (QED) is 0.530. The summed E-state index contributed by atoms with van der Waals surface area (Å²) in [6, 6.07) is 12.2. The molecule has 1 aliphatic carbocycles. The summed E-state index contributed by atoms with van der Waals surface area (Å²) in [6.07, 6.45) is 3.83. The molecule has 2 heterocycles. The zero-order chi connectivity index (χ0) is 22.1. The summed E-state index contributed by atoms with van der Waals surface area (Å²) in [5.74, 6) is 1.07. The van der Waals surface area contributed by atoms with Crippen LogP contribution in [0, 0.1) is 5.82 Å². The van der Waals surface area contributed by atoms with E-state index in [0.717, 1.165) is 46.3 Å². The smallest absolute Gasteiger partial charge is 0.238 e. The van der Waals surface area contributed by atoms with Gasteiger partial charge in [-0.3, -0.25) is 4.79 Å². The molecule has 5 rings (SSSR count). The number of aromatic nitrogens is 2. The Bertz CT molecular complexity index is 1130. The fraction of sp³-hybridized carbons (Fsp3) is 0.333. The summed E-state index contributed by atoms with van der Waals surface area (Å²) in [6.45, 7) is 3.81. The molecule has 1 aliphatic heterocycles. The van der Waals surface area contributed by atoms with Crippen molar-refractivity contribution in [3.05, 3.63) is 60.0 Å². The molecule has 0 saturated heterocycles. The van der Waals surface area contributed by atoms with Gasteiger partial charge in [0, 0.05) is 18.2 Å². The van der Waals surface area contributed by atoms with E-state index in [0.29, 0.717) is 19.8 Å². The zero-order valence-electron chi connectivity index (χ0n) is 17.7. The van der Waals surface area contributed by atoms with Gasteiger partial charge in [0.05, 0.1) is 11.9 Å². The van der Waals surface area contributed by atoms with Crippen LogP contribution in [0.2, 0.25) is 0 Å². The van der Waals surface area contributed by atoms with Crippen LogP contribution in [-0.2, 0) is 11.3 Å². The minimum atomic E-state index is -0.517. The van der Waals surface area contributed by atoms with Gasteiger partial charge in [0.1, 0.15) is 24.3 Å². The van der Waals surface area contributed by atoms with E-state index in [1.54, 1.807) is 12.1 Å². The molecule has 1 fully saturated rings. The van der Waals surface area contributed by atoms with Crippen LogP contribution in [-0.4, -0.2) is 34.7 Å². The molecular formula is C24H24FN3O3S. The second-order valence-corrected chi connectivity index (χ2v) is 8.93. The fourth-order valence-electron chi connectivity index (χ4n) is 3.71. The lowest BCUT2D eigenvalue weighted by molar-refractivity contribution is -0.120. The highest BCUT2D eigenvalue weighted by molar-refractivity contribution is 8.00. The Morgan fingerprint density at radius 1 is 1.19 bits per heavy atom. The zero-order valence-corrected chi connectivity index (χ0v) is 18.5. The third kappa shape index (κ3) is 4.32. The van der Waals surface area contributed by atoms with Crippen molar-refractivity contribution in [3.63, 3.8) is 0 Å². The first-order valence-electron chi connectivity index (χ1n) is 10.8. The number of fused-ring (bicyclic) bond motifs is 1. The molecule has 0 bridgehead atoms. The number of thioether (sulfide) groups is 1. The minimum absolute atomic E-state index is 0.0735. The average Bonchev–Trinajstić information content (AvgIpc) is 3.54. The molecule has 1 N–H and O–H groups in total. The Morgan fingerprint density at radius 2 is 1.94 bits per heavy atom. The van der Waals surface area contributed by atoms with E-state index in [1.165, 1.54) is 23.9 Å². The number of rotatable bonds is 7. The van der Waals surface area contributed by atoms with Crippen molar-refractivity contribution in [1.82, 2.24) is 14.9 Å². The first-order valence-corrected chi connectivity index (χ1v) is 11.7. The summed E-state index contributed by atoms with van der Waals surface area (Å²) in [7, 11) is 0. The van der Waals surface area contributed by atoms with Gasteiger partial charge >= 0.3 is 0 Å². The van der Waals surface area contributed by atoms with E-state index in [2.05, 4.69) is 14.9 Å². The Hall–Kier alpha value is -3.00. The number of hydrogen-bond acceptors (Lipinski definition) is 5. The fourth-order valence-corrected chi connectivity index (χ4v) is 4.86. The number of amides is 1. The second kappa shape index (κ2) is 8.86. The van der Waals surface area contributed by atoms with E-state index in [9.17, 15) is 9.18 Å². The topological polar surface area (TPSA) is 65.4 Å². The number of carbonyl (C=O) groups excluding carboxylic acids is 1.